The van der Waals surface area contributed by atoms with Gasteiger partial charge in [-0.3, -0.25) is 9.59 Å². The molecule has 4 N–H and O–H groups in total. The first-order chi connectivity index (χ1) is 16.6. The van der Waals surface area contributed by atoms with Crippen molar-refractivity contribution in [1.82, 2.24) is 15.3 Å². The predicted octanol–water partition coefficient (Wildman–Crippen LogP) is 4.12. The summed E-state index contributed by atoms with van der Waals surface area (Å²) in [5.41, 5.74) is 4.00. The lowest BCUT2D eigenvalue weighted by Gasteiger charge is -2.25. The van der Waals surface area contributed by atoms with Gasteiger partial charge in [0.05, 0.1) is 24.0 Å². The zero-order valence-corrected chi connectivity index (χ0v) is 19.4. The fourth-order valence-electron chi connectivity index (χ4n) is 4.64. The Morgan fingerprint density at radius 3 is 2.71 bits per heavy atom. The Hall–Kier alpha value is -3.55. The molecule has 1 aliphatic rings. The van der Waals surface area contributed by atoms with Crippen LogP contribution in [-0.2, 0) is 9.59 Å². The summed E-state index contributed by atoms with van der Waals surface area (Å²) in [4.78, 5) is 33.7. The minimum atomic E-state index is -0.779. The van der Waals surface area contributed by atoms with Gasteiger partial charge < -0.3 is 25.6 Å². The zero-order valence-electron chi connectivity index (χ0n) is 19.4. The quantitative estimate of drug-likeness (QED) is 0.319. The van der Waals surface area contributed by atoms with Gasteiger partial charge in [0.15, 0.2) is 0 Å². The van der Waals surface area contributed by atoms with Crippen molar-refractivity contribution < 1.29 is 14.7 Å². The number of anilines is 2. The van der Waals surface area contributed by atoms with E-state index >= 15 is 0 Å². The number of aromatic nitrogens is 2. The number of fused-ring (bicyclic) bond motifs is 2. The molecule has 1 unspecified atom stereocenters. The van der Waals surface area contributed by atoms with Crippen LogP contribution in [0.4, 0.5) is 11.6 Å². The van der Waals surface area contributed by atoms with Crippen molar-refractivity contribution in [3.8, 4) is 0 Å². The van der Waals surface area contributed by atoms with Gasteiger partial charge in [0.25, 0.3) is 0 Å². The first-order valence-electron chi connectivity index (χ1n) is 12.1. The maximum Gasteiger partial charge on any atom is 0.303 e. The van der Waals surface area contributed by atoms with Gasteiger partial charge in [0.2, 0.25) is 11.9 Å². The fourth-order valence-corrected chi connectivity index (χ4v) is 4.64. The smallest absolute Gasteiger partial charge is 0.303 e. The normalized spacial score (nSPS) is 15.5. The molecular formula is C26H33N5O3. The van der Waals surface area contributed by atoms with Crippen molar-refractivity contribution in [1.29, 1.82) is 0 Å². The van der Waals surface area contributed by atoms with Crippen LogP contribution in [0, 0.1) is 0 Å². The first-order valence-corrected chi connectivity index (χ1v) is 12.1. The average Bonchev–Trinajstić information content (AvgIpc) is 3.17. The monoisotopic (exact) mass is 463 g/mol. The molecule has 2 heterocycles. The molecule has 1 amide bonds. The molecule has 0 fully saturated rings. The van der Waals surface area contributed by atoms with E-state index in [2.05, 4.69) is 25.5 Å². The molecule has 0 bridgehead atoms. The molecule has 4 rings (SSSR count). The molecule has 0 saturated heterocycles. The summed E-state index contributed by atoms with van der Waals surface area (Å²) in [5, 5.41) is 15.6. The van der Waals surface area contributed by atoms with Crippen molar-refractivity contribution in [2.45, 2.75) is 44.4 Å². The number of carbonyl (C=O) groups is 2. The third-order valence-corrected chi connectivity index (χ3v) is 6.31. The van der Waals surface area contributed by atoms with Crippen molar-refractivity contribution in [3.05, 3.63) is 54.1 Å². The molecule has 0 aliphatic carbocycles. The number of carboxylic acids is 1. The summed E-state index contributed by atoms with van der Waals surface area (Å²) in [6, 6.07) is 15.8. The van der Waals surface area contributed by atoms with Crippen LogP contribution in [0.2, 0.25) is 0 Å². The molecule has 2 aromatic carbocycles. The van der Waals surface area contributed by atoms with Crippen molar-refractivity contribution in [2.75, 3.05) is 36.4 Å². The number of nitrogens with one attached hydrogen (secondary N) is 3. The van der Waals surface area contributed by atoms with E-state index in [1.165, 1.54) is 0 Å². The topological polar surface area (TPSA) is 110 Å². The van der Waals surface area contributed by atoms with Crippen LogP contribution in [0.15, 0.2) is 48.5 Å². The second-order valence-electron chi connectivity index (χ2n) is 8.86. The number of carbonyl (C=O) groups excluding carboxylic acids is 1. The molecule has 8 nitrogen and oxygen atoms in total. The van der Waals surface area contributed by atoms with Gasteiger partial charge in [-0.05, 0) is 61.8 Å². The number of aliphatic carboxylic acids is 1. The molecule has 8 heteroatoms. The van der Waals surface area contributed by atoms with E-state index in [0.717, 1.165) is 73.4 Å². The van der Waals surface area contributed by atoms with E-state index in [-0.39, 0.29) is 18.2 Å². The number of hydrogen-bond donors (Lipinski definition) is 4. The summed E-state index contributed by atoms with van der Waals surface area (Å²) in [5.74, 6) is 0.0124. The van der Waals surface area contributed by atoms with Crippen LogP contribution in [0.1, 0.15) is 50.0 Å². The lowest BCUT2D eigenvalue weighted by Crippen LogP contribution is -2.38. The number of benzene rings is 2. The fraction of sp³-hybridized carbons (Fsp3) is 0.423. The van der Waals surface area contributed by atoms with Gasteiger partial charge in [0.1, 0.15) is 0 Å². The number of unbranched alkanes of at least 4 members (excludes halogenated alkanes) is 2. The Balaban J connectivity index is 1.17. The minimum Gasteiger partial charge on any atom is -0.481 e. The highest BCUT2D eigenvalue weighted by atomic mass is 16.4. The molecule has 0 saturated carbocycles. The van der Waals surface area contributed by atoms with E-state index < -0.39 is 5.97 Å². The Morgan fingerprint density at radius 2 is 1.85 bits per heavy atom. The van der Waals surface area contributed by atoms with Crippen LogP contribution in [-0.4, -0.2) is 53.1 Å². The van der Waals surface area contributed by atoms with E-state index in [0.29, 0.717) is 13.1 Å². The highest BCUT2D eigenvalue weighted by Crippen LogP contribution is 2.36. The van der Waals surface area contributed by atoms with Crippen LogP contribution >= 0.6 is 0 Å². The first kappa shape index (κ1) is 23.6. The Bertz CT molecular complexity index is 1080. The van der Waals surface area contributed by atoms with Gasteiger partial charge in [-0.25, -0.2) is 4.98 Å². The van der Waals surface area contributed by atoms with Gasteiger partial charge in [-0.2, -0.15) is 0 Å². The maximum atomic E-state index is 12.6. The number of aromatic amines is 1. The number of hydrogen-bond acceptors (Lipinski definition) is 5. The summed E-state index contributed by atoms with van der Waals surface area (Å²) >= 11 is 0. The Kier molecular flexibility index (Phi) is 8.01. The third kappa shape index (κ3) is 6.27. The van der Waals surface area contributed by atoms with Gasteiger partial charge in [0, 0.05) is 25.3 Å². The number of carboxylic acid groups (broad SMARTS) is 1. The lowest BCUT2D eigenvalue weighted by molar-refractivity contribution is -0.137. The molecular weight excluding hydrogens is 430 g/mol. The molecule has 180 valence electrons. The molecule has 1 aromatic heterocycles. The molecule has 1 atom stereocenters. The average molecular weight is 464 g/mol. The van der Waals surface area contributed by atoms with Crippen molar-refractivity contribution in [3.63, 3.8) is 0 Å². The molecule has 0 radical (unpaired) electrons. The zero-order chi connectivity index (χ0) is 23.8. The number of para-hydroxylation sites is 3. The standard InChI is InChI=1S/C26H33N5O3/c32-24(18-31-16-8-9-19(17-25(33)34)20-10-2-5-13-23(20)31)27-14-6-1-7-15-28-26-29-21-11-3-4-12-22(21)30-26/h2-5,10-13,19H,1,6-9,14-18H2,(H,27,32)(H,33,34)(H2,28,29,30). The van der Waals surface area contributed by atoms with Crippen molar-refractivity contribution >= 4 is 34.5 Å². The highest BCUT2D eigenvalue weighted by Gasteiger charge is 2.25. The molecule has 34 heavy (non-hydrogen) atoms. The number of amides is 1. The number of imidazole rings is 1. The molecule has 1 aliphatic heterocycles. The van der Waals surface area contributed by atoms with E-state index in [9.17, 15) is 14.7 Å². The number of H-pyrrole nitrogens is 1. The highest BCUT2D eigenvalue weighted by molar-refractivity contribution is 5.82. The number of nitrogens with zero attached hydrogens (tertiary/aromatic N) is 2. The summed E-state index contributed by atoms with van der Waals surface area (Å²) in [6.07, 6.45) is 4.75. The SMILES string of the molecule is O=C(O)CC1CCCN(CC(=O)NCCCCCNc2nc3ccccc3[nH]2)c2ccccc21. The van der Waals surface area contributed by atoms with Gasteiger partial charge in [-0.1, -0.05) is 30.3 Å². The Morgan fingerprint density at radius 1 is 1.06 bits per heavy atom. The maximum absolute atomic E-state index is 12.6. The third-order valence-electron chi connectivity index (χ3n) is 6.31. The summed E-state index contributed by atoms with van der Waals surface area (Å²) < 4.78 is 0. The molecule has 0 spiro atoms. The van der Waals surface area contributed by atoms with E-state index in [1.54, 1.807) is 0 Å². The van der Waals surface area contributed by atoms with Gasteiger partial charge in [-0.15, -0.1) is 0 Å². The van der Waals surface area contributed by atoms with Crippen LogP contribution < -0.4 is 15.5 Å². The summed E-state index contributed by atoms with van der Waals surface area (Å²) in [7, 11) is 0. The van der Waals surface area contributed by atoms with Crippen LogP contribution in [0.3, 0.4) is 0 Å². The second kappa shape index (κ2) is 11.5. The van der Waals surface area contributed by atoms with Crippen LogP contribution in [0.5, 0.6) is 0 Å². The second-order valence-corrected chi connectivity index (χ2v) is 8.86. The van der Waals surface area contributed by atoms with Crippen molar-refractivity contribution in [2.24, 2.45) is 0 Å². The lowest BCUT2D eigenvalue weighted by atomic mass is 9.91. The minimum absolute atomic E-state index is 0.00469. The van der Waals surface area contributed by atoms with E-state index in [4.69, 9.17) is 0 Å². The predicted molar refractivity (Wildman–Crippen MR) is 134 cm³/mol. The summed E-state index contributed by atoms with van der Waals surface area (Å²) in [6.45, 7) is 2.54. The largest absolute Gasteiger partial charge is 0.481 e. The number of rotatable bonds is 11. The molecule has 3 aromatic rings. The van der Waals surface area contributed by atoms with E-state index in [1.807, 2.05) is 48.5 Å². The van der Waals surface area contributed by atoms with Crippen LogP contribution in [0.25, 0.3) is 11.0 Å². The Labute approximate surface area is 199 Å². The van der Waals surface area contributed by atoms with Gasteiger partial charge >= 0.3 is 5.97 Å².